The molecule has 16 heavy (non-hydrogen) atoms. The summed E-state index contributed by atoms with van der Waals surface area (Å²) in [5.74, 6) is 0. The fourth-order valence-electron chi connectivity index (χ4n) is 1.38. The monoisotopic (exact) mass is 243 g/mol. The minimum Gasteiger partial charge on any atom is -0.399 e. The molecule has 0 aliphatic heterocycles. The fraction of sp³-hybridized carbons (Fsp3) is 0.400. The molecule has 1 atom stereocenters. The van der Waals surface area contributed by atoms with Gasteiger partial charge >= 0.3 is 0 Å². The topological polar surface area (TPSA) is 75.4 Å². The number of hydrogen-bond acceptors (Lipinski definition) is 3. The van der Waals surface area contributed by atoms with Crippen molar-refractivity contribution in [2.45, 2.75) is 13.0 Å². The van der Waals surface area contributed by atoms with Crippen LogP contribution < -0.4 is 10.5 Å². The van der Waals surface area contributed by atoms with Crippen LogP contribution >= 0.6 is 0 Å². The molecule has 0 aliphatic rings. The summed E-state index contributed by atoms with van der Waals surface area (Å²) in [4.78, 5) is 0. The molecule has 0 heterocycles. The molecular formula is C10H17N3O2S. The van der Waals surface area contributed by atoms with Gasteiger partial charge in [-0.2, -0.15) is 12.7 Å². The lowest BCUT2D eigenvalue weighted by Gasteiger charge is -2.24. The van der Waals surface area contributed by atoms with Crippen LogP contribution in [0.3, 0.4) is 0 Å². The second-order valence-electron chi connectivity index (χ2n) is 3.57. The van der Waals surface area contributed by atoms with E-state index in [9.17, 15) is 8.42 Å². The highest BCUT2D eigenvalue weighted by molar-refractivity contribution is 7.87. The molecular weight excluding hydrogens is 226 g/mol. The van der Waals surface area contributed by atoms with Crippen LogP contribution in [-0.2, 0) is 10.2 Å². The Kier molecular flexibility index (Phi) is 3.90. The Labute approximate surface area is 96.4 Å². The van der Waals surface area contributed by atoms with Crippen molar-refractivity contribution in [3.63, 3.8) is 0 Å². The maximum absolute atomic E-state index is 11.6. The number of anilines is 1. The molecule has 0 amide bonds. The molecule has 3 N–H and O–H groups in total. The molecule has 6 heteroatoms. The Morgan fingerprint density at radius 1 is 1.44 bits per heavy atom. The minimum atomic E-state index is -3.42. The predicted molar refractivity (Wildman–Crippen MR) is 65.0 cm³/mol. The molecule has 90 valence electrons. The van der Waals surface area contributed by atoms with E-state index in [0.717, 1.165) is 5.56 Å². The van der Waals surface area contributed by atoms with Crippen molar-refractivity contribution in [2.24, 2.45) is 0 Å². The first kappa shape index (κ1) is 13.0. The molecule has 0 saturated heterocycles. The van der Waals surface area contributed by atoms with E-state index in [4.69, 9.17) is 5.73 Å². The van der Waals surface area contributed by atoms with Gasteiger partial charge in [0.2, 0.25) is 0 Å². The van der Waals surface area contributed by atoms with Gasteiger partial charge in [-0.15, -0.1) is 0 Å². The fourth-order valence-corrected chi connectivity index (χ4v) is 2.21. The Hall–Kier alpha value is -1.11. The zero-order valence-corrected chi connectivity index (χ0v) is 10.5. The Bertz CT molecular complexity index is 459. The highest BCUT2D eigenvalue weighted by atomic mass is 32.2. The van der Waals surface area contributed by atoms with Gasteiger partial charge in [-0.1, -0.05) is 12.1 Å². The van der Waals surface area contributed by atoms with Gasteiger partial charge in [-0.3, -0.25) is 0 Å². The first-order valence-corrected chi connectivity index (χ1v) is 6.34. The summed E-state index contributed by atoms with van der Waals surface area (Å²) < 4.78 is 26.7. The predicted octanol–water partition coefficient (Wildman–Crippen LogP) is 0.726. The van der Waals surface area contributed by atoms with E-state index >= 15 is 0 Å². The quantitative estimate of drug-likeness (QED) is 0.765. The number of nitrogens with one attached hydrogen (secondary N) is 1. The minimum absolute atomic E-state index is 0.263. The molecule has 0 aliphatic carbocycles. The molecule has 1 aromatic rings. The molecule has 1 rings (SSSR count). The summed E-state index contributed by atoms with van der Waals surface area (Å²) in [7, 11) is -0.502. The van der Waals surface area contributed by atoms with Gasteiger partial charge in [-0.05, 0) is 24.6 Å². The average Bonchev–Trinajstić information content (AvgIpc) is 2.27. The zero-order valence-electron chi connectivity index (χ0n) is 9.64. The highest BCUT2D eigenvalue weighted by Crippen LogP contribution is 2.22. The molecule has 1 unspecified atom stereocenters. The van der Waals surface area contributed by atoms with Crippen LogP contribution in [0.15, 0.2) is 24.3 Å². The van der Waals surface area contributed by atoms with E-state index in [1.807, 2.05) is 13.0 Å². The smallest absolute Gasteiger partial charge is 0.279 e. The third kappa shape index (κ3) is 2.72. The Morgan fingerprint density at radius 2 is 2.06 bits per heavy atom. The third-order valence-electron chi connectivity index (χ3n) is 2.58. The van der Waals surface area contributed by atoms with Crippen LogP contribution in [0.2, 0.25) is 0 Å². The van der Waals surface area contributed by atoms with Crippen LogP contribution in [0.5, 0.6) is 0 Å². The molecule has 0 bridgehead atoms. The third-order valence-corrected chi connectivity index (χ3v) is 4.17. The molecule has 5 nitrogen and oxygen atoms in total. The number of rotatable bonds is 4. The standard InChI is InChI=1S/C10H17N3O2S/c1-8(13(3)16(14,15)12-2)9-5-4-6-10(11)7-9/h4-8,12H,11H2,1-3H3. The zero-order chi connectivity index (χ0) is 12.3. The van der Waals surface area contributed by atoms with Crippen LogP contribution in [0.25, 0.3) is 0 Å². The van der Waals surface area contributed by atoms with Gasteiger partial charge in [-0.25, -0.2) is 4.72 Å². The Balaban J connectivity index is 2.99. The number of nitrogens with two attached hydrogens (primary N) is 1. The summed E-state index contributed by atoms with van der Waals surface area (Å²) in [6.45, 7) is 1.81. The summed E-state index contributed by atoms with van der Waals surface area (Å²) in [6.07, 6.45) is 0. The van der Waals surface area contributed by atoms with Crippen molar-refractivity contribution < 1.29 is 8.42 Å². The number of nitrogens with zero attached hydrogens (tertiary/aromatic N) is 1. The molecule has 0 saturated carbocycles. The first-order chi connectivity index (χ1) is 7.38. The van der Waals surface area contributed by atoms with Gasteiger partial charge in [0.05, 0.1) is 0 Å². The van der Waals surface area contributed by atoms with Crippen LogP contribution in [0, 0.1) is 0 Å². The van der Waals surface area contributed by atoms with E-state index in [1.54, 1.807) is 18.2 Å². The number of hydrogen-bond donors (Lipinski definition) is 2. The van der Waals surface area contributed by atoms with Crippen molar-refractivity contribution in [1.82, 2.24) is 9.03 Å². The summed E-state index contributed by atoms with van der Waals surface area (Å²) in [6, 6.07) is 6.93. The average molecular weight is 243 g/mol. The second kappa shape index (κ2) is 4.82. The molecule has 0 spiro atoms. The van der Waals surface area contributed by atoms with Crippen LogP contribution in [0.4, 0.5) is 5.69 Å². The van der Waals surface area contributed by atoms with Crippen molar-refractivity contribution in [1.29, 1.82) is 0 Å². The Morgan fingerprint density at radius 3 is 2.56 bits per heavy atom. The van der Waals surface area contributed by atoms with Gasteiger partial charge < -0.3 is 5.73 Å². The lowest BCUT2D eigenvalue weighted by molar-refractivity contribution is 0.393. The van der Waals surface area contributed by atoms with E-state index < -0.39 is 10.2 Å². The van der Waals surface area contributed by atoms with Crippen LogP contribution in [0.1, 0.15) is 18.5 Å². The van der Waals surface area contributed by atoms with Crippen molar-refractivity contribution in [3.05, 3.63) is 29.8 Å². The van der Waals surface area contributed by atoms with E-state index in [-0.39, 0.29) is 6.04 Å². The second-order valence-corrected chi connectivity index (χ2v) is 5.51. The summed E-state index contributed by atoms with van der Waals surface area (Å²) in [5.41, 5.74) is 7.14. The van der Waals surface area contributed by atoms with Crippen molar-refractivity contribution in [3.8, 4) is 0 Å². The SMILES string of the molecule is CNS(=O)(=O)N(C)C(C)c1cccc(N)c1. The van der Waals surface area contributed by atoms with Crippen molar-refractivity contribution in [2.75, 3.05) is 19.8 Å². The van der Waals surface area contributed by atoms with E-state index in [0.29, 0.717) is 5.69 Å². The lowest BCUT2D eigenvalue weighted by Crippen LogP contribution is -2.37. The molecule has 0 fully saturated rings. The largest absolute Gasteiger partial charge is 0.399 e. The van der Waals surface area contributed by atoms with Gasteiger partial charge in [0.1, 0.15) is 0 Å². The molecule has 0 aromatic heterocycles. The van der Waals surface area contributed by atoms with E-state index in [2.05, 4.69) is 4.72 Å². The first-order valence-electron chi connectivity index (χ1n) is 4.90. The molecule has 0 radical (unpaired) electrons. The van der Waals surface area contributed by atoms with Gasteiger partial charge in [0.15, 0.2) is 0 Å². The normalized spacial score (nSPS) is 14.0. The van der Waals surface area contributed by atoms with Crippen molar-refractivity contribution >= 4 is 15.9 Å². The van der Waals surface area contributed by atoms with Crippen LogP contribution in [-0.4, -0.2) is 26.8 Å². The van der Waals surface area contributed by atoms with Gasteiger partial charge in [0, 0.05) is 25.8 Å². The number of benzene rings is 1. The molecule has 1 aromatic carbocycles. The maximum atomic E-state index is 11.6. The summed E-state index contributed by atoms with van der Waals surface area (Å²) in [5, 5.41) is 0. The van der Waals surface area contributed by atoms with E-state index in [1.165, 1.54) is 18.4 Å². The highest BCUT2D eigenvalue weighted by Gasteiger charge is 2.22. The lowest BCUT2D eigenvalue weighted by atomic mass is 10.1. The summed E-state index contributed by atoms with van der Waals surface area (Å²) >= 11 is 0. The number of nitrogen functional groups attached to an aromatic ring is 1. The van der Waals surface area contributed by atoms with Gasteiger partial charge in [0.25, 0.3) is 10.2 Å². The maximum Gasteiger partial charge on any atom is 0.279 e.